The van der Waals surface area contributed by atoms with Crippen LogP contribution in [0.15, 0.2) is 0 Å². The van der Waals surface area contributed by atoms with Crippen LogP contribution in [0.3, 0.4) is 0 Å². The topological polar surface area (TPSA) is 70.1 Å². The van der Waals surface area contributed by atoms with E-state index in [2.05, 4.69) is 20.8 Å². The Labute approximate surface area is 120 Å². The Balaban J connectivity index is 2.79. The molecule has 1 heterocycles. The van der Waals surface area contributed by atoms with Gasteiger partial charge in [0.2, 0.25) is 0 Å². The fourth-order valence-electron chi connectivity index (χ4n) is 2.23. The normalized spacial score (nSPS) is 21.4. The number of carboxylic acids is 1. The van der Waals surface area contributed by atoms with Gasteiger partial charge in [-0.1, -0.05) is 20.8 Å². The lowest BCUT2D eigenvalue weighted by Crippen LogP contribution is -2.56. The highest BCUT2D eigenvalue weighted by molar-refractivity contribution is 5.76. The van der Waals surface area contributed by atoms with Crippen molar-refractivity contribution in [2.75, 3.05) is 26.8 Å². The fraction of sp³-hybridized carbons (Fsp3) is 0.857. The molecule has 0 radical (unpaired) electrons. The number of carbonyl (C=O) groups excluding carboxylic acids is 1. The molecule has 0 spiro atoms. The Bertz CT molecular complexity index is 365. The number of carbonyl (C=O) groups is 2. The molecule has 0 aromatic carbocycles. The molecule has 2 amide bonds. The molecular weight excluding hydrogens is 260 g/mol. The van der Waals surface area contributed by atoms with Gasteiger partial charge >= 0.3 is 12.0 Å². The first-order valence-corrected chi connectivity index (χ1v) is 6.97. The number of nitrogens with zero attached hydrogens (tertiary/aromatic N) is 2. The summed E-state index contributed by atoms with van der Waals surface area (Å²) in [5.41, 5.74) is -0.0288. The lowest BCUT2D eigenvalue weighted by molar-refractivity contribution is -0.139. The largest absolute Gasteiger partial charge is 0.481 e. The Morgan fingerprint density at radius 2 is 2.05 bits per heavy atom. The van der Waals surface area contributed by atoms with Crippen LogP contribution < -0.4 is 0 Å². The summed E-state index contributed by atoms with van der Waals surface area (Å²) in [4.78, 5) is 26.8. The first kappa shape index (κ1) is 16.8. The average Bonchev–Trinajstić information content (AvgIpc) is 2.35. The third-order valence-electron chi connectivity index (χ3n) is 4.02. The quantitative estimate of drug-likeness (QED) is 0.856. The molecule has 0 bridgehead atoms. The molecule has 2 atom stereocenters. The van der Waals surface area contributed by atoms with Gasteiger partial charge in [0.1, 0.15) is 0 Å². The summed E-state index contributed by atoms with van der Waals surface area (Å²) in [5.74, 6) is -0.912. The molecule has 0 saturated carbocycles. The van der Waals surface area contributed by atoms with Crippen molar-refractivity contribution in [3.63, 3.8) is 0 Å². The zero-order valence-electron chi connectivity index (χ0n) is 13.0. The van der Waals surface area contributed by atoms with Crippen LogP contribution in [0, 0.1) is 5.41 Å². The number of ether oxygens (including phenoxy) is 1. The van der Waals surface area contributed by atoms with Gasteiger partial charge in [0.25, 0.3) is 0 Å². The minimum absolute atomic E-state index is 0.0288. The molecule has 1 aliphatic heterocycles. The second kappa shape index (κ2) is 6.43. The number of hydrogen-bond acceptors (Lipinski definition) is 3. The SMILES string of the molecule is CC(N(C)C(=O)N1CCOCC1CC(=O)O)C(C)(C)C. The van der Waals surface area contributed by atoms with E-state index in [1.807, 2.05) is 6.92 Å². The molecular formula is C14H26N2O4. The Kier molecular flexibility index (Phi) is 5.39. The fourth-order valence-corrected chi connectivity index (χ4v) is 2.23. The average molecular weight is 286 g/mol. The van der Waals surface area contributed by atoms with E-state index in [9.17, 15) is 9.59 Å². The van der Waals surface area contributed by atoms with Crippen molar-refractivity contribution < 1.29 is 19.4 Å². The molecule has 1 N–H and O–H groups in total. The van der Waals surface area contributed by atoms with E-state index in [0.29, 0.717) is 13.2 Å². The van der Waals surface area contributed by atoms with Crippen molar-refractivity contribution in [2.24, 2.45) is 5.41 Å². The second-order valence-electron chi connectivity index (χ2n) is 6.46. The first-order valence-electron chi connectivity index (χ1n) is 6.97. The van der Waals surface area contributed by atoms with Gasteiger partial charge < -0.3 is 19.6 Å². The highest BCUT2D eigenvalue weighted by Crippen LogP contribution is 2.24. The monoisotopic (exact) mass is 286 g/mol. The van der Waals surface area contributed by atoms with Crippen LogP contribution in [0.1, 0.15) is 34.1 Å². The molecule has 0 aromatic rings. The molecule has 20 heavy (non-hydrogen) atoms. The van der Waals surface area contributed by atoms with E-state index < -0.39 is 5.97 Å². The molecule has 116 valence electrons. The van der Waals surface area contributed by atoms with Gasteiger partial charge in [0.15, 0.2) is 0 Å². The molecule has 1 aliphatic rings. The molecule has 0 aliphatic carbocycles. The van der Waals surface area contributed by atoms with Crippen molar-refractivity contribution in [1.29, 1.82) is 0 Å². The van der Waals surface area contributed by atoms with Gasteiger partial charge in [-0.25, -0.2) is 4.79 Å². The summed E-state index contributed by atoms with van der Waals surface area (Å²) in [5, 5.41) is 8.94. The first-order chi connectivity index (χ1) is 9.14. The van der Waals surface area contributed by atoms with Crippen LogP contribution in [0.25, 0.3) is 0 Å². The third-order valence-corrected chi connectivity index (χ3v) is 4.02. The molecule has 1 fully saturated rings. The zero-order valence-corrected chi connectivity index (χ0v) is 13.0. The summed E-state index contributed by atoms with van der Waals surface area (Å²) in [6, 6.07) is -0.450. The van der Waals surface area contributed by atoms with Crippen LogP contribution in [-0.4, -0.2) is 65.8 Å². The van der Waals surface area contributed by atoms with Crippen molar-refractivity contribution in [1.82, 2.24) is 9.80 Å². The van der Waals surface area contributed by atoms with Crippen molar-refractivity contribution in [3.8, 4) is 0 Å². The Morgan fingerprint density at radius 1 is 1.45 bits per heavy atom. The number of urea groups is 1. The highest BCUT2D eigenvalue weighted by Gasteiger charge is 2.34. The predicted molar refractivity (Wildman–Crippen MR) is 75.6 cm³/mol. The standard InChI is InChI=1S/C14H26N2O4/c1-10(14(2,3)4)15(5)13(19)16-6-7-20-9-11(16)8-12(17)18/h10-11H,6-9H2,1-5H3,(H,17,18). The van der Waals surface area contributed by atoms with E-state index in [4.69, 9.17) is 9.84 Å². The number of carboxylic acid groups (broad SMARTS) is 1. The van der Waals surface area contributed by atoms with E-state index in [-0.39, 0.29) is 36.6 Å². The molecule has 6 heteroatoms. The van der Waals surface area contributed by atoms with Crippen LogP contribution in [0.2, 0.25) is 0 Å². The highest BCUT2D eigenvalue weighted by atomic mass is 16.5. The van der Waals surface area contributed by atoms with Crippen LogP contribution in [0.4, 0.5) is 4.79 Å². The maximum Gasteiger partial charge on any atom is 0.320 e. The zero-order chi connectivity index (χ0) is 15.5. The lowest BCUT2D eigenvalue weighted by Gasteiger charge is -2.42. The Morgan fingerprint density at radius 3 is 2.55 bits per heavy atom. The summed E-state index contributed by atoms with van der Waals surface area (Å²) < 4.78 is 5.30. The van der Waals surface area contributed by atoms with Gasteiger partial charge in [-0.3, -0.25) is 4.79 Å². The minimum atomic E-state index is -0.912. The number of rotatable bonds is 3. The minimum Gasteiger partial charge on any atom is -0.481 e. The van der Waals surface area contributed by atoms with Crippen molar-refractivity contribution in [3.05, 3.63) is 0 Å². The summed E-state index contributed by atoms with van der Waals surface area (Å²) >= 11 is 0. The molecule has 0 aromatic heterocycles. The molecule has 6 nitrogen and oxygen atoms in total. The maximum atomic E-state index is 12.6. The maximum absolute atomic E-state index is 12.6. The van der Waals surface area contributed by atoms with Crippen molar-refractivity contribution in [2.45, 2.75) is 46.2 Å². The number of morpholine rings is 1. The van der Waals surface area contributed by atoms with Gasteiger partial charge in [0.05, 0.1) is 25.7 Å². The predicted octanol–water partition coefficient (Wildman–Crippen LogP) is 1.65. The van der Waals surface area contributed by atoms with Gasteiger partial charge in [-0.05, 0) is 12.3 Å². The summed E-state index contributed by atoms with van der Waals surface area (Å²) in [6.07, 6.45) is -0.0799. The number of hydrogen-bond donors (Lipinski definition) is 1. The van der Waals surface area contributed by atoms with E-state index in [1.54, 1.807) is 16.8 Å². The van der Waals surface area contributed by atoms with E-state index in [0.717, 1.165) is 0 Å². The number of amides is 2. The lowest BCUT2D eigenvalue weighted by atomic mass is 9.87. The number of aliphatic carboxylic acids is 1. The summed E-state index contributed by atoms with van der Waals surface area (Å²) in [6.45, 7) is 9.43. The summed E-state index contributed by atoms with van der Waals surface area (Å²) in [7, 11) is 1.77. The van der Waals surface area contributed by atoms with Gasteiger partial charge in [0, 0.05) is 19.6 Å². The second-order valence-corrected chi connectivity index (χ2v) is 6.46. The van der Waals surface area contributed by atoms with Gasteiger partial charge in [-0.2, -0.15) is 0 Å². The smallest absolute Gasteiger partial charge is 0.320 e. The van der Waals surface area contributed by atoms with Crippen LogP contribution in [-0.2, 0) is 9.53 Å². The molecule has 1 saturated heterocycles. The third kappa shape index (κ3) is 4.10. The Hall–Kier alpha value is -1.30. The van der Waals surface area contributed by atoms with Crippen LogP contribution in [0.5, 0.6) is 0 Å². The van der Waals surface area contributed by atoms with Gasteiger partial charge in [-0.15, -0.1) is 0 Å². The molecule has 1 rings (SSSR count). The molecule has 2 unspecified atom stereocenters. The van der Waals surface area contributed by atoms with E-state index in [1.165, 1.54) is 0 Å². The van der Waals surface area contributed by atoms with Crippen molar-refractivity contribution >= 4 is 12.0 Å². The van der Waals surface area contributed by atoms with E-state index >= 15 is 0 Å². The van der Waals surface area contributed by atoms with Crippen LogP contribution >= 0.6 is 0 Å².